The van der Waals surface area contributed by atoms with E-state index >= 15 is 0 Å². The van der Waals surface area contributed by atoms with Crippen LogP contribution < -0.4 is 5.56 Å². The Hall–Kier alpha value is -2.69. The molecule has 0 radical (unpaired) electrons. The second-order valence-electron chi connectivity index (χ2n) is 6.34. The quantitative estimate of drug-likeness (QED) is 0.633. The lowest BCUT2D eigenvalue weighted by Gasteiger charge is -2.21. The highest BCUT2D eigenvalue weighted by atomic mass is 16.5. The maximum atomic E-state index is 13.0. The summed E-state index contributed by atoms with van der Waals surface area (Å²) >= 11 is 0. The van der Waals surface area contributed by atoms with Crippen LogP contribution in [0.25, 0.3) is 5.69 Å². The molecular weight excluding hydrogens is 318 g/mol. The fourth-order valence-corrected chi connectivity index (χ4v) is 3.38. The number of pyridine rings is 1. The molecule has 25 heavy (non-hydrogen) atoms. The van der Waals surface area contributed by atoms with Crippen molar-refractivity contribution in [3.63, 3.8) is 0 Å². The first-order chi connectivity index (χ1) is 12.1. The molecule has 0 spiro atoms. The third-order valence-corrected chi connectivity index (χ3v) is 4.73. The van der Waals surface area contributed by atoms with Crippen LogP contribution in [0.4, 0.5) is 0 Å². The molecule has 1 aromatic carbocycles. The number of hydrogen-bond acceptors (Lipinski definition) is 4. The lowest BCUT2D eigenvalue weighted by Crippen LogP contribution is -2.26. The van der Waals surface area contributed by atoms with Crippen LogP contribution in [0.5, 0.6) is 0 Å². The van der Waals surface area contributed by atoms with Gasteiger partial charge in [-0.25, -0.2) is 4.79 Å². The summed E-state index contributed by atoms with van der Waals surface area (Å²) in [6, 6.07) is 10.3. The van der Waals surface area contributed by atoms with Crippen LogP contribution in [0.15, 0.2) is 47.4 Å². The van der Waals surface area contributed by atoms with Crippen molar-refractivity contribution in [2.75, 3.05) is 7.11 Å². The summed E-state index contributed by atoms with van der Waals surface area (Å²) in [5, 5.41) is 0. The Labute approximate surface area is 146 Å². The number of esters is 1. The van der Waals surface area contributed by atoms with Gasteiger partial charge in [-0.3, -0.25) is 14.2 Å². The number of ketones is 1. The predicted molar refractivity (Wildman–Crippen MR) is 94.3 cm³/mol. The fraction of sp³-hybridized carbons (Fsp3) is 0.350. The molecule has 0 amide bonds. The highest BCUT2D eigenvalue weighted by Crippen LogP contribution is 2.28. The zero-order valence-electron chi connectivity index (χ0n) is 14.2. The molecule has 0 unspecified atom stereocenters. The van der Waals surface area contributed by atoms with E-state index in [2.05, 4.69) is 0 Å². The number of benzene rings is 1. The van der Waals surface area contributed by atoms with E-state index in [0.29, 0.717) is 5.69 Å². The van der Waals surface area contributed by atoms with Crippen molar-refractivity contribution in [1.82, 2.24) is 4.57 Å². The molecule has 1 heterocycles. The largest absolute Gasteiger partial charge is 0.465 e. The van der Waals surface area contributed by atoms with Crippen LogP contribution in [0.3, 0.4) is 0 Å². The number of nitrogens with zero attached hydrogens (tertiary/aromatic N) is 1. The van der Waals surface area contributed by atoms with Crippen molar-refractivity contribution >= 4 is 11.8 Å². The molecule has 1 fully saturated rings. The Morgan fingerprint density at radius 3 is 2.36 bits per heavy atom. The summed E-state index contributed by atoms with van der Waals surface area (Å²) in [5.74, 6) is -0.833. The first-order valence-electron chi connectivity index (χ1n) is 8.56. The van der Waals surface area contributed by atoms with Crippen molar-refractivity contribution in [3.8, 4) is 5.69 Å². The van der Waals surface area contributed by atoms with E-state index < -0.39 is 5.97 Å². The van der Waals surface area contributed by atoms with E-state index in [1.165, 1.54) is 23.9 Å². The van der Waals surface area contributed by atoms with Gasteiger partial charge in [0.25, 0.3) is 5.56 Å². The summed E-state index contributed by atoms with van der Waals surface area (Å²) in [6.07, 6.45) is 6.30. The second-order valence-corrected chi connectivity index (χ2v) is 6.34. The van der Waals surface area contributed by atoms with E-state index in [-0.39, 0.29) is 28.4 Å². The van der Waals surface area contributed by atoms with Crippen molar-refractivity contribution in [2.24, 2.45) is 5.92 Å². The summed E-state index contributed by atoms with van der Waals surface area (Å²) in [4.78, 5) is 37.6. The molecule has 1 aliphatic rings. The molecule has 0 atom stereocenters. The van der Waals surface area contributed by atoms with Gasteiger partial charge in [0.05, 0.1) is 12.7 Å². The summed E-state index contributed by atoms with van der Waals surface area (Å²) in [7, 11) is 1.25. The molecule has 0 bridgehead atoms. The Morgan fingerprint density at radius 1 is 1.04 bits per heavy atom. The zero-order chi connectivity index (χ0) is 17.8. The van der Waals surface area contributed by atoms with Crippen LogP contribution in [-0.2, 0) is 4.74 Å². The van der Waals surface area contributed by atoms with Crippen molar-refractivity contribution in [1.29, 1.82) is 0 Å². The normalized spacial score (nSPS) is 14.9. The van der Waals surface area contributed by atoms with Crippen molar-refractivity contribution in [2.45, 2.75) is 32.1 Å². The third-order valence-electron chi connectivity index (χ3n) is 4.73. The van der Waals surface area contributed by atoms with E-state index in [9.17, 15) is 14.4 Å². The molecule has 0 saturated heterocycles. The molecule has 5 heteroatoms. The summed E-state index contributed by atoms with van der Waals surface area (Å²) in [5.41, 5.74) is 0.603. The summed E-state index contributed by atoms with van der Waals surface area (Å²) in [6.45, 7) is 0. The van der Waals surface area contributed by atoms with Crippen LogP contribution in [-0.4, -0.2) is 23.4 Å². The van der Waals surface area contributed by atoms with Crippen LogP contribution in [0, 0.1) is 5.92 Å². The van der Waals surface area contributed by atoms with Gasteiger partial charge in [0.2, 0.25) is 0 Å². The van der Waals surface area contributed by atoms with Crippen molar-refractivity contribution in [3.05, 3.63) is 64.1 Å². The van der Waals surface area contributed by atoms with E-state index in [0.717, 1.165) is 32.1 Å². The molecule has 130 valence electrons. The Morgan fingerprint density at radius 2 is 1.72 bits per heavy atom. The molecule has 2 aromatic rings. The molecule has 5 nitrogen and oxygen atoms in total. The van der Waals surface area contributed by atoms with Gasteiger partial charge in [-0.15, -0.1) is 0 Å². The monoisotopic (exact) mass is 339 g/mol. The average Bonchev–Trinajstić information content (AvgIpc) is 2.68. The molecule has 3 rings (SSSR count). The lowest BCUT2D eigenvalue weighted by molar-refractivity contribution is 0.0595. The van der Waals surface area contributed by atoms with Gasteiger partial charge < -0.3 is 4.74 Å². The van der Waals surface area contributed by atoms with Gasteiger partial charge in [-0.05, 0) is 25.0 Å². The minimum atomic E-state index is -0.656. The number of para-hydroxylation sites is 1. The first kappa shape index (κ1) is 17.1. The van der Waals surface area contributed by atoms with Crippen LogP contribution in [0.2, 0.25) is 0 Å². The van der Waals surface area contributed by atoms with Gasteiger partial charge in [0.15, 0.2) is 5.78 Å². The highest BCUT2D eigenvalue weighted by Gasteiger charge is 2.27. The molecule has 1 aliphatic carbocycles. The fourth-order valence-electron chi connectivity index (χ4n) is 3.38. The number of carbonyl (C=O) groups excluding carboxylic acids is 2. The highest BCUT2D eigenvalue weighted by molar-refractivity contribution is 6.07. The van der Waals surface area contributed by atoms with Gasteiger partial charge in [-0.2, -0.15) is 0 Å². The topological polar surface area (TPSA) is 65.4 Å². The Kier molecular flexibility index (Phi) is 5.12. The number of carbonyl (C=O) groups is 2. The minimum Gasteiger partial charge on any atom is -0.465 e. The number of methoxy groups -OCH3 is 1. The SMILES string of the molecule is COC(=O)c1cc(=O)n(-c2ccccc2)cc1C(=O)C1CCCCC1. The minimum absolute atomic E-state index is 0.0512. The second kappa shape index (κ2) is 7.47. The van der Waals surface area contributed by atoms with Gasteiger partial charge in [0.1, 0.15) is 0 Å². The molecule has 0 N–H and O–H groups in total. The number of Topliss-reactive ketones (excluding diaryl/α,β-unsaturated/α-hetero) is 1. The smallest absolute Gasteiger partial charge is 0.338 e. The van der Waals surface area contributed by atoms with Crippen LogP contribution >= 0.6 is 0 Å². The van der Waals surface area contributed by atoms with Crippen LogP contribution in [0.1, 0.15) is 52.8 Å². The summed E-state index contributed by atoms with van der Waals surface area (Å²) < 4.78 is 6.18. The Bertz CT molecular complexity index is 833. The maximum absolute atomic E-state index is 13.0. The van der Waals surface area contributed by atoms with E-state index in [4.69, 9.17) is 4.74 Å². The molecular formula is C20H21NO4. The number of aromatic nitrogens is 1. The number of rotatable bonds is 4. The van der Waals surface area contributed by atoms with Gasteiger partial charge >= 0.3 is 5.97 Å². The first-order valence-corrected chi connectivity index (χ1v) is 8.56. The third kappa shape index (κ3) is 3.55. The molecule has 0 aliphatic heterocycles. The van der Waals surface area contributed by atoms with E-state index in [1.807, 2.05) is 18.2 Å². The standard InChI is InChI=1S/C20H21NO4/c1-25-20(24)16-12-18(22)21(15-10-6-3-7-11-15)13-17(16)19(23)14-8-4-2-5-9-14/h3,6-7,10-14H,2,4-5,8-9H2,1H3. The van der Waals surface area contributed by atoms with Gasteiger partial charge in [-0.1, -0.05) is 37.5 Å². The molecule has 1 saturated carbocycles. The maximum Gasteiger partial charge on any atom is 0.338 e. The lowest BCUT2D eigenvalue weighted by atomic mass is 9.83. The predicted octanol–water partition coefficient (Wildman–Crippen LogP) is 3.39. The van der Waals surface area contributed by atoms with Gasteiger partial charge in [0, 0.05) is 29.4 Å². The molecule has 1 aromatic heterocycles. The number of ether oxygens (including phenoxy) is 1. The van der Waals surface area contributed by atoms with Crippen molar-refractivity contribution < 1.29 is 14.3 Å². The number of hydrogen-bond donors (Lipinski definition) is 0. The average molecular weight is 339 g/mol. The zero-order valence-corrected chi connectivity index (χ0v) is 14.2. The Balaban J connectivity index is 2.11. The van der Waals surface area contributed by atoms with E-state index in [1.54, 1.807) is 12.1 Å².